The standard InChI is InChI=1S/C23H24ClN3O3S/c1-17-3-4-18(2)27(17)21-9-5-19(6-10-21)23(28)25-13-15-26(16-14-25)31(29,30)22-11-7-20(24)8-12-22/h3-12H,13-16H2,1-2H3. The van der Waals surface area contributed by atoms with E-state index in [1.54, 1.807) is 17.0 Å². The molecule has 1 saturated heterocycles. The molecule has 1 aromatic heterocycles. The molecule has 0 saturated carbocycles. The summed E-state index contributed by atoms with van der Waals surface area (Å²) in [6.07, 6.45) is 0. The van der Waals surface area contributed by atoms with E-state index in [0.717, 1.165) is 17.1 Å². The molecule has 1 fully saturated rings. The maximum Gasteiger partial charge on any atom is 0.253 e. The first kappa shape index (κ1) is 21.6. The van der Waals surface area contributed by atoms with Crippen LogP contribution >= 0.6 is 11.6 Å². The number of nitrogens with zero attached hydrogens (tertiary/aromatic N) is 3. The Balaban J connectivity index is 1.43. The summed E-state index contributed by atoms with van der Waals surface area (Å²) in [4.78, 5) is 14.8. The van der Waals surface area contributed by atoms with E-state index in [0.29, 0.717) is 23.7 Å². The molecule has 31 heavy (non-hydrogen) atoms. The van der Waals surface area contributed by atoms with Gasteiger partial charge in [-0.05, 0) is 74.5 Å². The summed E-state index contributed by atoms with van der Waals surface area (Å²) in [6, 6.07) is 17.8. The highest BCUT2D eigenvalue weighted by molar-refractivity contribution is 7.89. The first-order valence-electron chi connectivity index (χ1n) is 10.1. The lowest BCUT2D eigenvalue weighted by Crippen LogP contribution is -2.50. The van der Waals surface area contributed by atoms with Gasteiger partial charge in [0, 0.05) is 53.8 Å². The monoisotopic (exact) mass is 457 g/mol. The molecular formula is C23H24ClN3O3S. The Hall–Kier alpha value is -2.61. The molecule has 1 aliphatic rings. The van der Waals surface area contributed by atoms with Gasteiger partial charge in [0.2, 0.25) is 10.0 Å². The van der Waals surface area contributed by atoms with E-state index in [4.69, 9.17) is 11.6 Å². The molecule has 0 N–H and O–H groups in total. The van der Waals surface area contributed by atoms with Gasteiger partial charge >= 0.3 is 0 Å². The topological polar surface area (TPSA) is 62.6 Å². The number of sulfonamides is 1. The van der Waals surface area contributed by atoms with Crippen LogP contribution in [0.25, 0.3) is 5.69 Å². The molecule has 0 bridgehead atoms. The van der Waals surface area contributed by atoms with Crippen LogP contribution in [-0.2, 0) is 10.0 Å². The second-order valence-electron chi connectivity index (χ2n) is 7.65. The zero-order valence-electron chi connectivity index (χ0n) is 17.5. The van der Waals surface area contributed by atoms with Gasteiger partial charge in [0.15, 0.2) is 0 Å². The lowest BCUT2D eigenvalue weighted by atomic mass is 10.1. The quantitative estimate of drug-likeness (QED) is 0.597. The molecule has 162 valence electrons. The van der Waals surface area contributed by atoms with E-state index in [-0.39, 0.29) is 23.9 Å². The number of piperazine rings is 1. The Morgan fingerprint density at radius 3 is 1.90 bits per heavy atom. The minimum absolute atomic E-state index is 0.0870. The summed E-state index contributed by atoms with van der Waals surface area (Å²) in [7, 11) is -3.60. The van der Waals surface area contributed by atoms with Crippen molar-refractivity contribution in [1.82, 2.24) is 13.8 Å². The Morgan fingerprint density at radius 2 is 1.35 bits per heavy atom. The molecule has 6 nitrogen and oxygen atoms in total. The third-order valence-corrected chi connectivity index (χ3v) is 7.79. The minimum atomic E-state index is -3.60. The number of aryl methyl sites for hydroxylation is 2. The fourth-order valence-electron chi connectivity index (χ4n) is 3.90. The van der Waals surface area contributed by atoms with E-state index in [9.17, 15) is 13.2 Å². The fourth-order valence-corrected chi connectivity index (χ4v) is 5.45. The third-order valence-electron chi connectivity index (χ3n) is 5.62. The summed E-state index contributed by atoms with van der Waals surface area (Å²) < 4.78 is 29.2. The first-order chi connectivity index (χ1) is 14.8. The highest BCUT2D eigenvalue weighted by Crippen LogP contribution is 2.21. The molecule has 0 spiro atoms. The molecule has 8 heteroatoms. The molecule has 0 unspecified atom stereocenters. The van der Waals surface area contributed by atoms with Crippen molar-refractivity contribution >= 4 is 27.5 Å². The number of aromatic nitrogens is 1. The maximum absolute atomic E-state index is 12.9. The Kier molecular flexibility index (Phi) is 5.92. The van der Waals surface area contributed by atoms with Crippen molar-refractivity contribution in [3.63, 3.8) is 0 Å². The number of benzene rings is 2. The number of carbonyl (C=O) groups excluding carboxylic acids is 1. The van der Waals surface area contributed by atoms with Gasteiger partial charge in [0.25, 0.3) is 5.91 Å². The van der Waals surface area contributed by atoms with Gasteiger partial charge in [-0.2, -0.15) is 4.31 Å². The highest BCUT2D eigenvalue weighted by atomic mass is 35.5. The molecule has 3 aromatic rings. The fraction of sp³-hybridized carbons (Fsp3) is 0.261. The Morgan fingerprint density at radius 1 is 0.806 bits per heavy atom. The number of halogens is 1. The molecule has 0 atom stereocenters. The molecule has 0 aliphatic carbocycles. The van der Waals surface area contributed by atoms with Gasteiger partial charge in [-0.25, -0.2) is 8.42 Å². The zero-order valence-corrected chi connectivity index (χ0v) is 19.0. The summed E-state index contributed by atoms with van der Waals surface area (Å²) >= 11 is 5.86. The number of amides is 1. The second kappa shape index (κ2) is 8.49. The lowest BCUT2D eigenvalue weighted by molar-refractivity contribution is 0.0698. The van der Waals surface area contributed by atoms with E-state index in [1.165, 1.54) is 16.4 Å². The zero-order chi connectivity index (χ0) is 22.2. The molecule has 1 aliphatic heterocycles. The van der Waals surface area contributed by atoms with Crippen LogP contribution in [0.5, 0.6) is 0 Å². The van der Waals surface area contributed by atoms with Gasteiger partial charge in [0.05, 0.1) is 4.90 Å². The van der Waals surface area contributed by atoms with Crippen molar-refractivity contribution < 1.29 is 13.2 Å². The smallest absolute Gasteiger partial charge is 0.253 e. The van der Waals surface area contributed by atoms with Gasteiger partial charge < -0.3 is 9.47 Å². The van der Waals surface area contributed by atoms with E-state index in [1.807, 2.05) is 38.1 Å². The largest absolute Gasteiger partial charge is 0.336 e. The molecule has 0 radical (unpaired) electrons. The van der Waals surface area contributed by atoms with Crippen LogP contribution in [0.3, 0.4) is 0 Å². The SMILES string of the molecule is Cc1ccc(C)n1-c1ccc(C(=O)N2CCN(S(=O)(=O)c3ccc(Cl)cc3)CC2)cc1. The second-order valence-corrected chi connectivity index (χ2v) is 10.0. The van der Waals surface area contributed by atoms with Crippen molar-refractivity contribution in [3.8, 4) is 5.69 Å². The molecule has 1 amide bonds. The van der Waals surface area contributed by atoms with E-state index in [2.05, 4.69) is 16.7 Å². The maximum atomic E-state index is 12.9. The van der Waals surface area contributed by atoms with E-state index >= 15 is 0 Å². The summed E-state index contributed by atoms with van der Waals surface area (Å²) in [5, 5.41) is 0.488. The molecule has 4 rings (SSSR count). The van der Waals surface area contributed by atoms with Crippen LogP contribution < -0.4 is 0 Å². The van der Waals surface area contributed by atoms with Crippen molar-refractivity contribution in [3.05, 3.63) is 82.6 Å². The van der Waals surface area contributed by atoms with Gasteiger partial charge in [-0.3, -0.25) is 4.79 Å². The van der Waals surface area contributed by atoms with Crippen LogP contribution in [0.1, 0.15) is 21.7 Å². The highest BCUT2D eigenvalue weighted by Gasteiger charge is 2.30. The average molecular weight is 458 g/mol. The summed E-state index contributed by atoms with van der Waals surface area (Å²) in [5.41, 5.74) is 3.87. The van der Waals surface area contributed by atoms with Crippen LogP contribution in [0.2, 0.25) is 5.02 Å². The Bertz CT molecular complexity index is 1170. The first-order valence-corrected chi connectivity index (χ1v) is 11.9. The van der Waals surface area contributed by atoms with Crippen molar-refractivity contribution in [2.45, 2.75) is 18.7 Å². The lowest BCUT2D eigenvalue weighted by Gasteiger charge is -2.34. The predicted molar refractivity (Wildman–Crippen MR) is 121 cm³/mol. The van der Waals surface area contributed by atoms with Crippen LogP contribution in [-0.4, -0.2) is 54.3 Å². The summed E-state index contributed by atoms with van der Waals surface area (Å²) in [6.45, 7) is 5.31. The number of hydrogen-bond donors (Lipinski definition) is 0. The van der Waals surface area contributed by atoms with Crippen LogP contribution in [0, 0.1) is 13.8 Å². The van der Waals surface area contributed by atoms with Gasteiger partial charge in [0.1, 0.15) is 0 Å². The molecular weight excluding hydrogens is 434 g/mol. The van der Waals surface area contributed by atoms with E-state index < -0.39 is 10.0 Å². The predicted octanol–water partition coefficient (Wildman–Crippen LogP) is 3.89. The average Bonchev–Trinajstić information content (AvgIpc) is 3.11. The molecule has 2 heterocycles. The number of hydrogen-bond acceptors (Lipinski definition) is 3. The third kappa shape index (κ3) is 4.26. The number of carbonyl (C=O) groups is 1. The normalized spacial score (nSPS) is 15.3. The van der Waals surface area contributed by atoms with Crippen LogP contribution in [0.15, 0.2) is 65.6 Å². The van der Waals surface area contributed by atoms with Crippen molar-refractivity contribution in [1.29, 1.82) is 0 Å². The summed E-state index contributed by atoms with van der Waals surface area (Å²) in [5.74, 6) is -0.0870. The van der Waals surface area contributed by atoms with Crippen molar-refractivity contribution in [2.75, 3.05) is 26.2 Å². The van der Waals surface area contributed by atoms with Gasteiger partial charge in [-0.1, -0.05) is 11.6 Å². The number of rotatable bonds is 4. The van der Waals surface area contributed by atoms with Crippen molar-refractivity contribution in [2.24, 2.45) is 0 Å². The van der Waals surface area contributed by atoms with Gasteiger partial charge in [-0.15, -0.1) is 0 Å². The molecule has 2 aromatic carbocycles. The minimum Gasteiger partial charge on any atom is -0.336 e. The Labute approximate surface area is 187 Å². The van der Waals surface area contributed by atoms with Crippen LogP contribution in [0.4, 0.5) is 0 Å².